The van der Waals surface area contributed by atoms with Crippen molar-refractivity contribution in [1.82, 2.24) is 9.97 Å². The van der Waals surface area contributed by atoms with Crippen LogP contribution in [-0.2, 0) is 5.60 Å². The quantitative estimate of drug-likeness (QED) is 0.796. The van der Waals surface area contributed by atoms with Gasteiger partial charge in [-0.25, -0.2) is 4.98 Å². The van der Waals surface area contributed by atoms with Gasteiger partial charge in [0.25, 0.3) is 0 Å². The minimum Gasteiger partial charge on any atom is -0.383 e. The highest BCUT2D eigenvalue weighted by molar-refractivity contribution is 7.13. The van der Waals surface area contributed by atoms with Gasteiger partial charge in [0.05, 0.1) is 16.8 Å². The minimum absolute atomic E-state index is 0.598. The first-order valence-electron chi connectivity index (χ1n) is 4.39. The number of nitrogens with zero attached hydrogens (tertiary/aromatic N) is 1. The molecule has 0 aliphatic carbocycles. The summed E-state index contributed by atoms with van der Waals surface area (Å²) >= 11 is 1.65. The molecular formula is C10H12N2OS. The number of rotatable bonds is 2. The number of hydrogen-bond acceptors (Lipinski definition) is 3. The summed E-state index contributed by atoms with van der Waals surface area (Å²) in [5, 5.41) is 11.7. The van der Waals surface area contributed by atoms with Gasteiger partial charge in [-0.3, -0.25) is 0 Å². The summed E-state index contributed by atoms with van der Waals surface area (Å²) < 4.78 is 0. The Morgan fingerprint density at radius 3 is 2.79 bits per heavy atom. The summed E-state index contributed by atoms with van der Waals surface area (Å²) in [6, 6.07) is 4.01. The van der Waals surface area contributed by atoms with E-state index in [1.54, 1.807) is 31.4 Å². The van der Waals surface area contributed by atoms with Crippen LogP contribution in [-0.4, -0.2) is 15.1 Å². The molecule has 2 aromatic heterocycles. The SMILES string of the molecule is CC(C)(O)c1ncc(-c2cccs2)[nH]1. The normalized spacial score (nSPS) is 11.9. The van der Waals surface area contributed by atoms with E-state index in [1.807, 2.05) is 17.5 Å². The van der Waals surface area contributed by atoms with Crippen molar-refractivity contribution in [3.63, 3.8) is 0 Å². The Morgan fingerprint density at radius 2 is 2.29 bits per heavy atom. The van der Waals surface area contributed by atoms with Gasteiger partial charge in [-0.1, -0.05) is 6.07 Å². The highest BCUT2D eigenvalue weighted by atomic mass is 32.1. The van der Waals surface area contributed by atoms with Gasteiger partial charge in [-0.05, 0) is 25.3 Å². The van der Waals surface area contributed by atoms with Crippen molar-refractivity contribution in [3.8, 4) is 10.6 Å². The summed E-state index contributed by atoms with van der Waals surface area (Å²) in [6.45, 7) is 3.42. The molecule has 0 bridgehead atoms. The standard InChI is InChI=1S/C10H12N2OS/c1-10(2,13)9-11-6-7(12-9)8-4-3-5-14-8/h3-6,13H,1-2H3,(H,11,12). The fraction of sp³-hybridized carbons (Fsp3) is 0.300. The summed E-state index contributed by atoms with van der Waals surface area (Å²) in [7, 11) is 0. The lowest BCUT2D eigenvalue weighted by Crippen LogP contribution is -2.17. The molecule has 2 heterocycles. The summed E-state index contributed by atoms with van der Waals surface area (Å²) in [5.74, 6) is 0.598. The van der Waals surface area contributed by atoms with E-state index >= 15 is 0 Å². The van der Waals surface area contributed by atoms with Gasteiger partial charge in [0.1, 0.15) is 11.4 Å². The molecule has 0 amide bonds. The number of H-pyrrole nitrogens is 1. The van der Waals surface area contributed by atoms with Gasteiger partial charge < -0.3 is 10.1 Å². The highest BCUT2D eigenvalue weighted by Crippen LogP contribution is 2.25. The van der Waals surface area contributed by atoms with Gasteiger partial charge in [0.2, 0.25) is 0 Å². The predicted molar refractivity (Wildman–Crippen MR) is 57.1 cm³/mol. The van der Waals surface area contributed by atoms with Gasteiger partial charge in [-0.2, -0.15) is 0 Å². The van der Waals surface area contributed by atoms with Crippen LogP contribution in [0.1, 0.15) is 19.7 Å². The molecule has 0 fully saturated rings. The average Bonchev–Trinajstić information content (AvgIpc) is 2.73. The van der Waals surface area contributed by atoms with Crippen LogP contribution in [0.3, 0.4) is 0 Å². The Bertz CT molecular complexity index is 412. The van der Waals surface area contributed by atoms with E-state index in [2.05, 4.69) is 9.97 Å². The van der Waals surface area contributed by atoms with Gasteiger partial charge in [0.15, 0.2) is 0 Å². The molecule has 0 aromatic carbocycles. The molecule has 0 atom stereocenters. The van der Waals surface area contributed by atoms with E-state index in [1.165, 1.54) is 0 Å². The second-order valence-corrected chi connectivity index (χ2v) is 4.63. The lowest BCUT2D eigenvalue weighted by molar-refractivity contribution is 0.0697. The number of aromatic amines is 1. The molecule has 0 saturated carbocycles. The topological polar surface area (TPSA) is 48.9 Å². The Kier molecular flexibility index (Phi) is 2.17. The third kappa shape index (κ3) is 1.71. The van der Waals surface area contributed by atoms with E-state index in [9.17, 15) is 5.11 Å². The number of thiophene rings is 1. The van der Waals surface area contributed by atoms with Crippen LogP contribution >= 0.6 is 11.3 Å². The molecule has 0 spiro atoms. The molecule has 0 aliphatic heterocycles. The Morgan fingerprint density at radius 1 is 1.50 bits per heavy atom. The van der Waals surface area contributed by atoms with Crippen LogP contribution in [0.25, 0.3) is 10.6 Å². The van der Waals surface area contributed by atoms with Crippen molar-refractivity contribution >= 4 is 11.3 Å². The van der Waals surface area contributed by atoms with Crippen molar-refractivity contribution in [2.45, 2.75) is 19.4 Å². The molecule has 3 nitrogen and oxygen atoms in total. The first-order valence-corrected chi connectivity index (χ1v) is 5.27. The molecular weight excluding hydrogens is 196 g/mol. The molecule has 2 aromatic rings. The van der Waals surface area contributed by atoms with Crippen LogP contribution < -0.4 is 0 Å². The molecule has 74 valence electrons. The average molecular weight is 208 g/mol. The summed E-state index contributed by atoms with van der Waals surface area (Å²) in [4.78, 5) is 8.38. The second kappa shape index (κ2) is 3.22. The summed E-state index contributed by atoms with van der Waals surface area (Å²) in [5.41, 5.74) is 0.0484. The first-order chi connectivity index (χ1) is 6.57. The van der Waals surface area contributed by atoms with Crippen LogP contribution in [0.15, 0.2) is 23.7 Å². The fourth-order valence-corrected chi connectivity index (χ4v) is 1.88. The minimum atomic E-state index is -0.907. The molecule has 0 radical (unpaired) electrons. The van der Waals surface area contributed by atoms with Crippen molar-refractivity contribution in [2.24, 2.45) is 0 Å². The maximum absolute atomic E-state index is 9.71. The molecule has 2 N–H and O–H groups in total. The lowest BCUT2D eigenvalue weighted by atomic mass is 10.1. The van der Waals surface area contributed by atoms with Crippen molar-refractivity contribution in [3.05, 3.63) is 29.5 Å². The smallest absolute Gasteiger partial charge is 0.138 e. The van der Waals surface area contributed by atoms with E-state index in [0.717, 1.165) is 10.6 Å². The number of hydrogen-bond donors (Lipinski definition) is 2. The molecule has 2 rings (SSSR count). The highest BCUT2D eigenvalue weighted by Gasteiger charge is 2.19. The molecule has 14 heavy (non-hydrogen) atoms. The molecule has 0 unspecified atom stereocenters. The van der Waals surface area contributed by atoms with Gasteiger partial charge in [-0.15, -0.1) is 11.3 Å². The predicted octanol–water partition coefficient (Wildman–Crippen LogP) is 2.37. The third-order valence-corrected chi connectivity index (χ3v) is 2.85. The molecule has 4 heteroatoms. The largest absolute Gasteiger partial charge is 0.383 e. The van der Waals surface area contributed by atoms with Crippen molar-refractivity contribution < 1.29 is 5.11 Å². The number of nitrogens with one attached hydrogen (secondary N) is 1. The van der Waals surface area contributed by atoms with Crippen LogP contribution in [0, 0.1) is 0 Å². The monoisotopic (exact) mass is 208 g/mol. The second-order valence-electron chi connectivity index (χ2n) is 3.68. The zero-order valence-corrected chi connectivity index (χ0v) is 8.93. The molecule has 0 saturated heterocycles. The molecule has 0 aliphatic rings. The number of aromatic nitrogens is 2. The van der Waals surface area contributed by atoms with Gasteiger partial charge >= 0.3 is 0 Å². The van der Waals surface area contributed by atoms with Crippen molar-refractivity contribution in [1.29, 1.82) is 0 Å². The van der Waals surface area contributed by atoms with E-state index < -0.39 is 5.60 Å². The zero-order valence-electron chi connectivity index (χ0n) is 8.11. The van der Waals surface area contributed by atoms with Crippen LogP contribution in [0.4, 0.5) is 0 Å². The summed E-state index contributed by atoms with van der Waals surface area (Å²) in [6.07, 6.45) is 1.75. The third-order valence-electron chi connectivity index (χ3n) is 1.94. The van der Waals surface area contributed by atoms with E-state index in [-0.39, 0.29) is 0 Å². The zero-order chi connectivity index (χ0) is 10.2. The Labute approximate surface area is 86.4 Å². The fourth-order valence-electron chi connectivity index (χ4n) is 1.19. The van der Waals surface area contributed by atoms with Gasteiger partial charge in [0, 0.05) is 0 Å². The maximum atomic E-state index is 9.71. The Hall–Kier alpha value is -1.13. The van der Waals surface area contributed by atoms with Crippen LogP contribution in [0.5, 0.6) is 0 Å². The maximum Gasteiger partial charge on any atom is 0.138 e. The number of imidazole rings is 1. The van der Waals surface area contributed by atoms with Crippen molar-refractivity contribution in [2.75, 3.05) is 0 Å². The van der Waals surface area contributed by atoms with Crippen LogP contribution in [0.2, 0.25) is 0 Å². The van der Waals surface area contributed by atoms with E-state index in [4.69, 9.17) is 0 Å². The lowest BCUT2D eigenvalue weighted by Gasteiger charge is -2.12. The van der Waals surface area contributed by atoms with E-state index in [0.29, 0.717) is 5.82 Å². The Balaban J connectivity index is 2.36. The first kappa shape index (κ1) is 9.43. The number of aliphatic hydroxyl groups is 1.